The molecule has 8 heteroatoms. The number of carbonyl (C=O) groups is 2. The Kier molecular flexibility index (Phi) is 9.69. The van der Waals surface area contributed by atoms with Crippen molar-refractivity contribution in [2.75, 3.05) is 10.8 Å². The molecule has 0 saturated carbocycles. The fourth-order valence-corrected chi connectivity index (χ4v) is 5.65. The van der Waals surface area contributed by atoms with Crippen molar-refractivity contribution in [3.8, 4) is 0 Å². The summed E-state index contributed by atoms with van der Waals surface area (Å²) in [5, 5.41) is 2.91. The smallest absolute Gasteiger partial charge is 0.264 e. The van der Waals surface area contributed by atoms with Crippen LogP contribution in [0, 0.1) is 13.8 Å². The van der Waals surface area contributed by atoms with Crippen LogP contribution in [-0.4, -0.2) is 43.8 Å². The van der Waals surface area contributed by atoms with Crippen molar-refractivity contribution in [3.63, 3.8) is 0 Å². The maximum Gasteiger partial charge on any atom is 0.264 e. The molecule has 3 rings (SSSR count). The molecule has 0 bridgehead atoms. The number of carbonyl (C=O) groups excluding carboxylic acids is 2. The predicted octanol–water partition coefficient (Wildman–Crippen LogP) is 4.83. The zero-order chi connectivity index (χ0) is 27.9. The number of hydrogen-bond donors (Lipinski definition) is 1. The van der Waals surface area contributed by atoms with Crippen LogP contribution < -0.4 is 9.62 Å². The molecule has 0 aromatic heterocycles. The molecule has 3 aromatic carbocycles. The Balaban J connectivity index is 2.05. The van der Waals surface area contributed by atoms with E-state index in [1.165, 1.54) is 4.90 Å². The molecule has 0 aliphatic heterocycles. The SMILES string of the molecule is CC[C@@H](C(=O)NC(C)C)N(Cc1ccccc1C)C(=O)CN(c1ccccc1)S(=O)(=O)c1ccc(C)cc1. The fourth-order valence-electron chi connectivity index (χ4n) is 4.23. The van der Waals surface area contributed by atoms with Gasteiger partial charge in [-0.2, -0.15) is 0 Å². The molecule has 2 amide bonds. The lowest BCUT2D eigenvalue weighted by Crippen LogP contribution is -2.53. The Morgan fingerprint density at radius 1 is 0.868 bits per heavy atom. The molecule has 1 atom stereocenters. The van der Waals surface area contributed by atoms with Crippen LogP contribution in [0.15, 0.2) is 83.8 Å². The molecule has 0 unspecified atom stereocenters. The number of nitrogens with one attached hydrogen (secondary N) is 1. The van der Waals surface area contributed by atoms with Gasteiger partial charge < -0.3 is 10.2 Å². The third-order valence-electron chi connectivity index (χ3n) is 6.35. The van der Waals surface area contributed by atoms with E-state index in [2.05, 4.69) is 5.32 Å². The Morgan fingerprint density at radius 3 is 2.05 bits per heavy atom. The first-order valence-corrected chi connectivity index (χ1v) is 14.3. The van der Waals surface area contributed by atoms with Crippen molar-refractivity contribution in [1.82, 2.24) is 10.2 Å². The third-order valence-corrected chi connectivity index (χ3v) is 8.14. The molecular formula is C30H37N3O4S. The summed E-state index contributed by atoms with van der Waals surface area (Å²) in [6, 6.07) is 21.9. The van der Waals surface area contributed by atoms with E-state index in [9.17, 15) is 18.0 Å². The minimum absolute atomic E-state index is 0.0924. The van der Waals surface area contributed by atoms with Gasteiger partial charge in [0.1, 0.15) is 12.6 Å². The zero-order valence-corrected chi connectivity index (χ0v) is 23.5. The van der Waals surface area contributed by atoms with Gasteiger partial charge in [0.2, 0.25) is 11.8 Å². The van der Waals surface area contributed by atoms with Crippen LogP contribution in [-0.2, 0) is 26.2 Å². The molecule has 0 aliphatic rings. The molecule has 3 aromatic rings. The van der Waals surface area contributed by atoms with Gasteiger partial charge in [-0.15, -0.1) is 0 Å². The normalized spacial score (nSPS) is 12.2. The molecule has 0 spiro atoms. The number of rotatable bonds is 11. The highest BCUT2D eigenvalue weighted by atomic mass is 32.2. The largest absolute Gasteiger partial charge is 0.352 e. The highest BCUT2D eigenvalue weighted by Gasteiger charge is 2.33. The summed E-state index contributed by atoms with van der Waals surface area (Å²) in [6.07, 6.45) is 0.381. The second-order valence-corrected chi connectivity index (χ2v) is 11.6. The maximum absolute atomic E-state index is 14.0. The number of nitrogens with zero attached hydrogens (tertiary/aromatic N) is 2. The lowest BCUT2D eigenvalue weighted by atomic mass is 10.1. The lowest BCUT2D eigenvalue weighted by molar-refractivity contribution is -0.140. The van der Waals surface area contributed by atoms with Crippen molar-refractivity contribution >= 4 is 27.5 Å². The quantitative estimate of drug-likeness (QED) is 0.381. The van der Waals surface area contributed by atoms with Crippen molar-refractivity contribution in [2.45, 2.75) is 64.6 Å². The predicted molar refractivity (Wildman–Crippen MR) is 151 cm³/mol. The molecule has 202 valence electrons. The van der Waals surface area contributed by atoms with Crippen LogP contribution in [0.25, 0.3) is 0 Å². The molecule has 7 nitrogen and oxygen atoms in total. The van der Waals surface area contributed by atoms with E-state index in [-0.39, 0.29) is 23.4 Å². The van der Waals surface area contributed by atoms with Crippen LogP contribution >= 0.6 is 0 Å². The summed E-state index contributed by atoms with van der Waals surface area (Å²) in [4.78, 5) is 28.8. The van der Waals surface area contributed by atoms with Crippen molar-refractivity contribution < 1.29 is 18.0 Å². The number of amides is 2. The molecular weight excluding hydrogens is 498 g/mol. The van der Waals surface area contributed by atoms with Crippen molar-refractivity contribution in [2.24, 2.45) is 0 Å². The van der Waals surface area contributed by atoms with E-state index in [1.54, 1.807) is 54.6 Å². The first-order valence-electron chi connectivity index (χ1n) is 12.8. The summed E-state index contributed by atoms with van der Waals surface area (Å²) in [6.45, 7) is 9.14. The number of benzene rings is 3. The summed E-state index contributed by atoms with van der Waals surface area (Å²) in [5.74, 6) is -0.726. The standard InChI is InChI=1S/C30H37N3O4S/c1-6-28(30(35)31-22(2)3)32(20-25-13-11-10-12-24(25)5)29(34)21-33(26-14-8-7-9-15-26)38(36,37)27-18-16-23(4)17-19-27/h7-19,22,28H,6,20-21H2,1-5H3,(H,31,35)/t28-/m0/s1. The van der Waals surface area contributed by atoms with Crippen molar-refractivity contribution in [3.05, 3.63) is 95.6 Å². The average Bonchev–Trinajstić information content (AvgIpc) is 2.88. The van der Waals surface area contributed by atoms with E-state index in [0.29, 0.717) is 12.1 Å². The number of sulfonamides is 1. The average molecular weight is 536 g/mol. The van der Waals surface area contributed by atoms with Gasteiger partial charge in [0, 0.05) is 12.6 Å². The van der Waals surface area contributed by atoms with Crippen LogP contribution in [0.5, 0.6) is 0 Å². The molecule has 0 aliphatic carbocycles. The minimum Gasteiger partial charge on any atom is -0.352 e. The van der Waals surface area contributed by atoms with Gasteiger partial charge in [-0.25, -0.2) is 8.42 Å². The molecule has 0 radical (unpaired) electrons. The van der Waals surface area contributed by atoms with E-state index in [4.69, 9.17) is 0 Å². The Morgan fingerprint density at radius 2 is 1.47 bits per heavy atom. The van der Waals surface area contributed by atoms with Crippen LogP contribution in [0.4, 0.5) is 5.69 Å². The second kappa shape index (κ2) is 12.7. The van der Waals surface area contributed by atoms with E-state index in [0.717, 1.165) is 21.0 Å². The van der Waals surface area contributed by atoms with Gasteiger partial charge in [-0.05, 0) is 69.5 Å². The highest BCUT2D eigenvalue weighted by molar-refractivity contribution is 7.92. The van der Waals surface area contributed by atoms with Gasteiger partial charge >= 0.3 is 0 Å². The number of hydrogen-bond acceptors (Lipinski definition) is 4. The summed E-state index contributed by atoms with van der Waals surface area (Å²) in [5.41, 5.74) is 3.18. The lowest BCUT2D eigenvalue weighted by Gasteiger charge is -2.34. The van der Waals surface area contributed by atoms with Gasteiger partial charge in [0.15, 0.2) is 0 Å². The monoisotopic (exact) mass is 535 g/mol. The van der Waals surface area contributed by atoms with E-state index < -0.39 is 28.5 Å². The Bertz CT molecular complexity index is 1340. The highest BCUT2D eigenvalue weighted by Crippen LogP contribution is 2.25. The molecule has 0 fully saturated rings. The molecule has 0 heterocycles. The topological polar surface area (TPSA) is 86.8 Å². The van der Waals surface area contributed by atoms with Gasteiger partial charge in [0.25, 0.3) is 10.0 Å². The molecule has 0 saturated heterocycles. The first kappa shape index (κ1) is 28.9. The van der Waals surface area contributed by atoms with E-state index in [1.807, 2.05) is 58.9 Å². The van der Waals surface area contributed by atoms with Crippen LogP contribution in [0.1, 0.15) is 43.9 Å². The van der Waals surface area contributed by atoms with Crippen molar-refractivity contribution in [1.29, 1.82) is 0 Å². The van der Waals surface area contributed by atoms with E-state index >= 15 is 0 Å². The zero-order valence-electron chi connectivity index (χ0n) is 22.7. The fraction of sp³-hybridized carbons (Fsp3) is 0.333. The Labute approximate surface area is 226 Å². The van der Waals surface area contributed by atoms with Crippen LogP contribution in [0.3, 0.4) is 0 Å². The second-order valence-electron chi connectivity index (χ2n) is 9.70. The summed E-state index contributed by atoms with van der Waals surface area (Å²) >= 11 is 0. The maximum atomic E-state index is 14.0. The first-order chi connectivity index (χ1) is 18.0. The number of anilines is 1. The number of aryl methyl sites for hydroxylation is 2. The molecule has 38 heavy (non-hydrogen) atoms. The molecule has 1 N–H and O–H groups in total. The van der Waals surface area contributed by atoms with Gasteiger partial charge in [-0.3, -0.25) is 13.9 Å². The number of para-hydroxylation sites is 1. The van der Waals surface area contributed by atoms with Gasteiger partial charge in [-0.1, -0.05) is 67.1 Å². The van der Waals surface area contributed by atoms with Gasteiger partial charge in [0.05, 0.1) is 10.6 Å². The summed E-state index contributed by atoms with van der Waals surface area (Å²) < 4.78 is 28.7. The third kappa shape index (κ3) is 7.01. The summed E-state index contributed by atoms with van der Waals surface area (Å²) in [7, 11) is -4.07. The Hall–Kier alpha value is -3.65. The minimum atomic E-state index is -4.07. The van der Waals surface area contributed by atoms with Crippen LogP contribution in [0.2, 0.25) is 0 Å².